The van der Waals surface area contributed by atoms with E-state index in [0.717, 1.165) is 4.31 Å². The lowest BCUT2D eigenvalue weighted by molar-refractivity contribution is -0.113. The zero-order chi connectivity index (χ0) is 21.9. The molecule has 0 radical (unpaired) electrons. The number of allylic oxidation sites excluding steroid dienone is 1. The van der Waals surface area contributed by atoms with Gasteiger partial charge in [-0.15, -0.1) is 4.40 Å². The molecule has 0 spiro atoms. The summed E-state index contributed by atoms with van der Waals surface area (Å²) < 4.78 is 45.4. The molecule has 0 bridgehead atoms. The van der Waals surface area contributed by atoms with Crippen LogP contribution in [-0.4, -0.2) is 52.7 Å². The van der Waals surface area contributed by atoms with Gasteiger partial charge in [0.1, 0.15) is 11.4 Å². The van der Waals surface area contributed by atoms with E-state index >= 15 is 0 Å². The zero-order valence-electron chi connectivity index (χ0n) is 16.9. The highest BCUT2D eigenvalue weighted by molar-refractivity contribution is 7.88. The van der Waals surface area contributed by atoms with Crippen molar-refractivity contribution in [2.45, 2.75) is 0 Å². The summed E-state index contributed by atoms with van der Waals surface area (Å²) in [7, 11) is 1.61. The van der Waals surface area contributed by atoms with Gasteiger partial charge in [0.2, 0.25) is 0 Å². The van der Waals surface area contributed by atoms with E-state index < -0.39 is 16.1 Å². The third kappa shape index (κ3) is 4.08. The number of benzene rings is 2. The van der Waals surface area contributed by atoms with Crippen LogP contribution < -0.4 is 19.5 Å². The van der Waals surface area contributed by atoms with Gasteiger partial charge in [0.15, 0.2) is 11.5 Å². The van der Waals surface area contributed by atoms with Crippen LogP contribution in [0.4, 0.5) is 5.69 Å². The lowest BCUT2D eigenvalue weighted by Gasteiger charge is -2.24. The molecule has 158 valence electrons. The summed E-state index contributed by atoms with van der Waals surface area (Å²) in [4.78, 5) is 12.9. The zero-order valence-corrected chi connectivity index (χ0v) is 17.7. The highest BCUT2D eigenvalue weighted by atomic mass is 32.2. The summed E-state index contributed by atoms with van der Waals surface area (Å²) in [6.45, 7) is 0. The quantitative estimate of drug-likeness (QED) is 0.752. The largest absolute Gasteiger partial charge is 0.496 e. The van der Waals surface area contributed by atoms with Crippen LogP contribution in [-0.2, 0) is 15.0 Å². The van der Waals surface area contributed by atoms with E-state index in [1.165, 1.54) is 34.5 Å². The number of hydrogen-bond donors (Lipinski definition) is 1. The summed E-state index contributed by atoms with van der Waals surface area (Å²) in [5, 5.41) is 2.67. The highest BCUT2D eigenvalue weighted by Crippen LogP contribution is 2.30. The number of amides is 1. The van der Waals surface area contributed by atoms with Crippen LogP contribution in [0.1, 0.15) is 5.56 Å². The smallest absolute Gasteiger partial charge is 0.345 e. The maximum atomic E-state index is 12.9. The van der Waals surface area contributed by atoms with Gasteiger partial charge in [-0.1, -0.05) is 12.1 Å². The third-order valence-corrected chi connectivity index (χ3v) is 5.75. The molecule has 0 aromatic heterocycles. The normalized spacial score (nSPS) is 15.0. The number of carbonyl (C=O) groups is 1. The topological polar surface area (TPSA) is 107 Å². The Balaban J connectivity index is 1.98. The van der Waals surface area contributed by atoms with Crippen LogP contribution in [0.3, 0.4) is 0 Å². The fourth-order valence-corrected chi connectivity index (χ4v) is 3.76. The van der Waals surface area contributed by atoms with Crippen molar-refractivity contribution < 1.29 is 27.4 Å². The Hall–Kier alpha value is -3.53. The van der Waals surface area contributed by atoms with Gasteiger partial charge < -0.3 is 19.5 Å². The van der Waals surface area contributed by atoms with Gasteiger partial charge in [-0.3, -0.25) is 4.79 Å². The molecule has 0 saturated carbocycles. The number of likely N-dealkylation sites (N-methyl/N-ethyl adjacent to an activating group) is 1. The molecule has 2 aromatic rings. The number of hydrogen-bond acceptors (Lipinski definition) is 6. The first-order valence-corrected chi connectivity index (χ1v) is 10.2. The van der Waals surface area contributed by atoms with Gasteiger partial charge in [0.25, 0.3) is 5.91 Å². The summed E-state index contributed by atoms with van der Waals surface area (Å²) >= 11 is 0. The summed E-state index contributed by atoms with van der Waals surface area (Å²) in [6.07, 6.45) is 1.40. The minimum absolute atomic E-state index is 0.0966. The van der Waals surface area contributed by atoms with Gasteiger partial charge in [-0.05, 0) is 30.3 Å². The minimum atomic E-state index is -4.10. The van der Waals surface area contributed by atoms with Crippen LogP contribution in [0, 0.1) is 0 Å². The molecule has 0 saturated heterocycles. The fraction of sp³-hybridized carbons (Fsp3) is 0.200. The van der Waals surface area contributed by atoms with Gasteiger partial charge >= 0.3 is 10.2 Å². The number of methoxy groups -OCH3 is 3. The van der Waals surface area contributed by atoms with E-state index in [0.29, 0.717) is 28.5 Å². The predicted octanol–water partition coefficient (Wildman–Crippen LogP) is 2.21. The maximum absolute atomic E-state index is 12.9. The molecule has 3 rings (SSSR count). The van der Waals surface area contributed by atoms with Crippen molar-refractivity contribution >= 4 is 27.5 Å². The predicted molar refractivity (Wildman–Crippen MR) is 112 cm³/mol. The fourth-order valence-electron chi connectivity index (χ4n) is 2.86. The molecule has 1 amide bonds. The monoisotopic (exact) mass is 431 g/mol. The van der Waals surface area contributed by atoms with Crippen molar-refractivity contribution in [2.75, 3.05) is 33.7 Å². The van der Waals surface area contributed by atoms with Crippen molar-refractivity contribution in [1.29, 1.82) is 0 Å². The van der Waals surface area contributed by atoms with Crippen LogP contribution >= 0.6 is 0 Å². The van der Waals surface area contributed by atoms with E-state index in [1.807, 2.05) is 0 Å². The molecular weight excluding hydrogens is 410 g/mol. The second-order valence-corrected chi connectivity index (χ2v) is 7.80. The SMILES string of the molecule is COc1ccc(NC(=O)C2=CC(c3ccccc3OC)=NS(=O)(=O)N2C)cc1OC. The van der Waals surface area contributed by atoms with Gasteiger partial charge in [0.05, 0.1) is 27.0 Å². The number of nitrogens with zero attached hydrogens (tertiary/aromatic N) is 2. The Bertz CT molecular complexity index is 1140. The first-order chi connectivity index (χ1) is 14.3. The van der Waals surface area contributed by atoms with Crippen LogP contribution in [0.2, 0.25) is 0 Å². The number of para-hydroxylation sites is 1. The van der Waals surface area contributed by atoms with Gasteiger partial charge in [-0.25, -0.2) is 4.31 Å². The highest BCUT2D eigenvalue weighted by Gasteiger charge is 2.31. The van der Waals surface area contributed by atoms with Crippen LogP contribution in [0.5, 0.6) is 17.2 Å². The molecule has 0 atom stereocenters. The first-order valence-electron chi connectivity index (χ1n) is 8.78. The molecule has 0 fully saturated rings. The Morgan fingerprint density at radius 1 is 0.967 bits per heavy atom. The van der Waals surface area contributed by atoms with E-state index in [9.17, 15) is 13.2 Å². The van der Waals surface area contributed by atoms with Crippen molar-refractivity contribution in [3.8, 4) is 17.2 Å². The molecule has 2 aromatic carbocycles. The molecule has 10 heteroatoms. The van der Waals surface area contributed by atoms with Crippen molar-refractivity contribution in [3.63, 3.8) is 0 Å². The second kappa shape index (κ2) is 8.46. The minimum Gasteiger partial charge on any atom is -0.496 e. The molecule has 1 N–H and O–H groups in total. The van der Waals surface area contributed by atoms with Crippen LogP contribution in [0.15, 0.2) is 58.6 Å². The molecular formula is C20H21N3O6S. The maximum Gasteiger partial charge on any atom is 0.345 e. The second-order valence-electron chi connectivity index (χ2n) is 6.18. The Labute approximate surface area is 174 Å². The Morgan fingerprint density at radius 2 is 1.63 bits per heavy atom. The van der Waals surface area contributed by atoms with Crippen molar-refractivity contribution in [1.82, 2.24) is 4.31 Å². The number of nitrogens with one attached hydrogen (secondary N) is 1. The number of ether oxygens (including phenoxy) is 3. The summed E-state index contributed by atoms with van der Waals surface area (Å²) in [5.74, 6) is 0.727. The molecule has 1 heterocycles. The van der Waals surface area contributed by atoms with E-state index in [1.54, 1.807) is 42.5 Å². The standard InChI is InChI=1S/C20H21N3O6S/c1-23-16(20(24)21-13-9-10-18(28-3)19(11-13)29-4)12-15(22-30(23,25)26)14-7-5-6-8-17(14)27-2/h5-12H,1-4H3,(H,21,24). The van der Waals surface area contributed by atoms with Crippen molar-refractivity contribution in [3.05, 3.63) is 59.8 Å². The van der Waals surface area contributed by atoms with Gasteiger partial charge in [-0.2, -0.15) is 8.42 Å². The first kappa shape index (κ1) is 21.2. The number of anilines is 1. The van der Waals surface area contributed by atoms with Gasteiger partial charge in [0, 0.05) is 24.4 Å². The molecule has 0 unspecified atom stereocenters. The Kier molecular flexibility index (Phi) is 5.97. The molecule has 0 aliphatic carbocycles. The van der Waals surface area contributed by atoms with E-state index in [4.69, 9.17) is 14.2 Å². The molecule has 1 aliphatic rings. The molecule has 9 nitrogen and oxygen atoms in total. The third-order valence-electron chi connectivity index (χ3n) is 4.43. The average Bonchev–Trinajstić information content (AvgIpc) is 2.75. The number of rotatable bonds is 6. The lowest BCUT2D eigenvalue weighted by atomic mass is 10.1. The Morgan fingerprint density at radius 3 is 2.30 bits per heavy atom. The summed E-state index contributed by atoms with van der Waals surface area (Å²) in [5.41, 5.74) is 0.863. The van der Waals surface area contributed by atoms with Crippen LogP contribution in [0.25, 0.3) is 0 Å². The van der Waals surface area contributed by atoms with Crippen molar-refractivity contribution in [2.24, 2.45) is 4.40 Å². The molecule has 30 heavy (non-hydrogen) atoms. The lowest BCUT2D eigenvalue weighted by Crippen LogP contribution is -2.35. The molecule has 1 aliphatic heterocycles. The van der Waals surface area contributed by atoms with E-state index in [-0.39, 0.29) is 11.4 Å². The van der Waals surface area contributed by atoms with E-state index in [2.05, 4.69) is 9.71 Å². The summed E-state index contributed by atoms with van der Waals surface area (Å²) in [6, 6.07) is 11.6. The average molecular weight is 431 g/mol. The number of carbonyl (C=O) groups excluding carboxylic acids is 1.